The predicted octanol–water partition coefficient (Wildman–Crippen LogP) is 1.40. The van der Waals surface area contributed by atoms with Crippen LogP contribution in [0.1, 0.15) is 23.1 Å². The van der Waals surface area contributed by atoms with Gasteiger partial charge in [0, 0.05) is 18.8 Å². The lowest BCUT2D eigenvalue weighted by Gasteiger charge is -2.09. The molecule has 1 atom stereocenters. The molecule has 1 unspecified atom stereocenters. The molecule has 0 aliphatic carbocycles. The van der Waals surface area contributed by atoms with Gasteiger partial charge in [0.25, 0.3) is 0 Å². The fraction of sp³-hybridized carbons (Fsp3) is 0.300. The number of aryl methyl sites for hydroxylation is 2. The van der Waals surface area contributed by atoms with Crippen LogP contribution in [0.4, 0.5) is 0 Å². The van der Waals surface area contributed by atoms with E-state index in [0.29, 0.717) is 0 Å². The molecule has 2 heterocycles. The minimum atomic E-state index is -0.666. The smallest absolute Gasteiger partial charge is 0.124 e. The average molecular weight is 192 g/mol. The highest BCUT2D eigenvalue weighted by Gasteiger charge is 2.17. The second-order valence-corrected chi connectivity index (χ2v) is 3.21. The summed E-state index contributed by atoms with van der Waals surface area (Å²) in [5, 5.41) is 14.0. The van der Waals surface area contributed by atoms with Crippen LogP contribution in [0.15, 0.2) is 29.0 Å². The number of rotatable bonds is 2. The summed E-state index contributed by atoms with van der Waals surface area (Å²) in [6, 6.07) is 3.56. The third-order valence-corrected chi connectivity index (χ3v) is 2.33. The molecule has 4 heteroatoms. The molecule has 0 radical (unpaired) electrons. The molecule has 0 amide bonds. The lowest BCUT2D eigenvalue weighted by Crippen LogP contribution is -2.06. The zero-order valence-electron chi connectivity index (χ0n) is 8.14. The van der Waals surface area contributed by atoms with Gasteiger partial charge in [-0.15, -0.1) is 0 Å². The summed E-state index contributed by atoms with van der Waals surface area (Å²) in [6.45, 7) is 1.83. The Morgan fingerprint density at radius 1 is 1.50 bits per heavy atom. The molecule has 0 aromatic carbocycles. The quantitative estimate of drug-likeness (QED) is 0.782. The Morgan fingerprint density at radius 2 is 2.29 bits per heavy atom. The highest BCUT2D eigenvalue weighted by atomic mass is 16.3. The lowest BCUT2D eigenvalue weighted by molar-refractivity contribution is 0.207. The molecule has 2 aromatic heterocycles. The summed E-state index contributed by atoms with van der Waals surface area (Å²) in [6.07, 6.45) is 2.57. The van der Waals surface area contributed by atoms with Crippen molar-refractivity contribution in [3.63, 3.8) is 0 Å². The van der Waals surface area contributed by atoms with Gasteiger partial charge in [-0.1, -0.05) is 0 Å². The number of hydrogen-bond acceptors (Lipinski definition) is 3. The Balaban J connectivity index is 2.38. The van der Waals surface area contributed by atoms with Crippen molar-refractivity contribution in [1.82, 2.24) is 9.78 Å². The molecule has 4 nitrogen and oxygen atoms in total. The van der Waals surface area contributed by atoms with Gasteiger partial charge in [-0.05, 0) is 19.1 Å². The SMILES string of the molecule is Cc1occc1C(O)c1ccnn1C. The zero-order chi connectivity index (χ0) is 10.1. The Bertz CT molecular complexity index is 391. The maximum Gasteiger partial charge on any atom is 0.124 e. The number of aromatic nitrogens is 2. The molecule has 74 valence electrons. The van der Waals surface area contributed by atoms with Gasteiger partial charge in [0.1, 0.15) is 11.9 Å². The summed E-state index contributed by atoms with van der Waals surface area (Å²) in [7, 11) is 1.80. The van der Waals surface area contributed by atoms with Crippen molar-refractivity contribution in [2.45, 2.75) is 13.0 Å². The van der Waals surface area contributed by atoms with Crippen LogP contribution in [-0.2, 0) is 7.05 Å². The molecule has 2 aromatic rings. The van der Waals surface area contributed by atoms with Crippen molar-refractivity contribution in [3.05, 3.63) is 41.6 Å². The largest absolute Gasteiger partial charge is 0.469 e. The van der Waals surface area contributed by atoms with Gasteiger partial charge in [0.05, 0.1) is 12.0 Å². The van der Waals surface area contributed by atoms with Gasteiger partial charge in [-0.25, -0.2) is 0 Å². The Hall–Kier alpha value is -1.55. The molecular weight excluding hydrogens is 180 g/mol. The van der Waals surface area contributed by atoms with Gasteiger partial charge in [-0.2, -0.15) is 5.10 Å². The third-order valence-electron chi connectivity index (χ3n) is 2.33. The average Bonchev–Trinajstić information content (AvgIpc) is 2.73. The van der Waals surface area contributed by atoms with Crippen molar-refractivity contribution in [2.75, 3.05) is 0 Å². The van der Waals surface area contributed by atoms with Crippen molar-refractivity contribution in [3.8, 4) is 0 Å². The number of aliphatic hydroxyl groups excluding tert-OH is 1. The summed E-state index contributed by atoms with van der Waals surface area (Å²) in [4.78, 5) is 0. The van der Waals surface area contributed by atoms with Crippen LogP contribution >= 0.6 is 0 Å². The predicted molar refractivity (Wildman–Crippen MR) is 50.7 cm³/mol. The van der Waals surface area contributed by atoms with E-state index in [1.54, 1.807) is 36.3 Å². The second-order valence-electron chi connectivity index (χ2n) is 3.21. The first-order chi connectivity index (χ1) is 6.70. The van der Waals surface area contributed by atoms with Gasteiger partial charge in [0.15, 0.2) is 0 Å². The molecule has 0 spiro atoms. The van der Waals surface area contributed by atoms with Crippen molar-refractivity contribution in [2.24, 2.45) is 7.05 Å². The first kappa shape index (κ1) is 9.02. The first-order valence-corrected chi connectivity index (χ1v) is 4.40. The summed E-state index contributed by atoms with van der Waals surface area (Å²) < 4.78 is 6.78. The standard InChI is InChI=1S/C10H12N2O2/c1-7-8(4-6-14-7)10(13)9-3-5-11-12(9)2/h3-6,10,13H,1-2H3. The van der Waals surface area contributed by atoms with E-state index >= 15 is 0 Å². The molecule has 1 N–H and O–H groups in total. The van der Waals surface area contributed by atoms with Crippen LogP contribution in [-0.4, -0.2) is 14.9 Å². The van der Waals surface area contributed by atoms with E-state index in [4.69, 9.17) is 4.42 Å². The van der Waals surface area contributed by atoms with Crippen LogP contribution in [0, 0.1) is 6.92 Å². The molecule has 0 aliphatic rings. The normalized spacial score (nSPS) is 13.1. The zero-order valence-corrected chi connectivity index (χ0v) is 8.14. The molecular formula is C10H12N2O2. The number of nitrogens with zero attached hydrogens (tertiary/aromatic N) is 2. The lowest BCUT2D eigenvalue weighted by atomic mass is 10.1. The fourth-order valence-corrected chi connectivity index (χ4v) is 1.49. The van der Waals surface area contributed by atoms with Crippen molar-refractivity contribution in [1.29, 1.82) is 0 Å². The maximum atomic E-state index is 10.0. The monoisotopic (exact) mass is 192 g/mol. The van der Waals surface area contributed by atoms with Crippen LogP contribution in [0.5, 0.6) is 0 Å². The van der Waals surface area contributed by atoms with E-state index in [-0.39, 0.29) is 0 Å². The highest BCUT2D eigenvalue weighted by molar-refractivity contribution is 5.26. The molecule has 0 aliphatic heterocycles. The van der Waals surface area contributed by atoms with Gasteiger partial charge >= 0.3 is 0 Å². The number of furan rings is 1. The minimum Gasteiger partial charge on any atom is -0.469 e. The van der Waals surface area contributed by atoms with E-state index < -0.39 is 6.10 Å². The minimum absolute atomic E-state index is 0.666. The van der Waals surface area contributed by atoms with E-state index in [9.17, 15) is 5.11 Å². The number of aliphatic hydroxyl groups is 1. The Labute approximate surface area is 81.8 Å². The molecule has 0 fully saturated rings. The van der Waals surface area contributed by atoms with Crippen LogP contribution < -0.4 is 0 Å². The van der Waals surface area contributed by atoms with Crippen molar-refractivity contribution < 1.29 is 9.52 Å². The van der Waals surface area contributed by atoms with E-state index in [1.165, 1.54) is 0 Å². The highest BCUT2D eigenvalue weighted by Crippen LogP contribution is 2.24. The van der Waals surface area contributed by atoms with E-state index in [2.05, 4.69) is 5.10 Å². The van der Waals surface area contributed by atoms with Crippen LogP contribution in [0.25, 0.3) is 0 Å². The number of hydrogen-bond donors (Lipinski definition) is 1. The summed E-state index contributed by atoms with van der Waals surface area (Å²) in [5.74, 6) is 0.735. The van der Waals surface area contributed by atoms with Gasteiger partial charge in [-0.3, -0.25) is 4.68 Å². The first-order valence-electron chi connectivity index (χ1n) is 4.40. The van der Waals surface area contributed by atoms with Crippen LogP contribution in [0.2, 0.25) is 0 Å². The van der Waals surface area contributed by atoms with Crippen LogP contribution in [0.3, 0.4) is 0 Å². The topological polar surface area (TPSA) is 51.2 Å². The molecule has 0 bridgehead atoms. The van der Waals surface area contributed by atoms with E-state index in [1.807, 2.05) is 6.92 Å². The molecule has 0 saturated carbocycles. The Kier molecular flexibility index (Phi) is 2.13. The van der Waals surface area contributed by atoms with Gasteiger partial charge < -0.3 is 9.52 Å². The fourth-order valence-electron chi connectivity index (χ4n) is 1.49. The summed E-state index contributed by atoms with van der Waals surface area (Å²) in [5.41, 5.74) is 1.54. The summed E-state index contributed by atoms with van der Waals surface area (Å²) >= 11 is 0. The second kappa shape index (κ2) is 3.31. The van der Waals surface area contributed by atoms with Gasteiger partial charge in [0.2, 0.25) is 0 Å². The Morgan fingerprint density at radius 3 is 2.79 bits per heavy atom. The third kappa shape index (κ3) is 1.33. The van der Waals surface area contributed by atoms with E-state index in [0.717, 1.165) is 17.0 Å². The molecule has 14 heavy (non-hydrogen) atoms. The molecule has 0 saturated heterocycles. The maximum absolute atomic E-state index is 10.0. The molecule has 2 rings (SSSR count). The van der Waals surface area contributed by atoms with Crippen molar-refractivity contribution >= 4 is 0 Å².